The van der Waals surface area contributed by atoms with Gasteiger partial charge < -0.3 is 10.4 Å². The van der Waals surface area contributed by atoms with Gasteiger partial charge in [0, 0.05) is 11.9 Å². The predicted octanol–water partition coefficient (Wildman–Crippen LogP) is 1.95. The topological polar surface area (TPSA) is 79.3 Å². The van der Waals surface area contributed by atoms with Crippen molar-refractivity contribution >= 4 is 11.9 Å². The molecule has 5 nitrogen and oxygen atoms in total. The zero-order valence-electron chi connectivity index (χ0n) is 10.9. The van der Waals surface area contributed by atoms with Crippen molar-refractivity contribution in [3.8, 4) is 0 Å². The minimum absolute atomic E-state index is 0.370. The molecule has 0 saturated carbocycles. The highest BCUT2D eigenvalue weighted by atomic mass is 16.4. The Balaban J connectivity index is 2.24. The normalized spacial score (nSPS) is 11.7. The minimum Gasteiger partial charge on any atom is -0.479 e. The summed E-state index contributed by atoms with van der Waals surface area (Å²) >= 11 is 0. The molecule has 1 atom stereocenters. The fourth-order valence-electron chi connectivity index (χ4n) is 1.87. The molecule has 102 valence electrons. The third-order valence-electron chi connectivity index (χ3n) is 2.91. The quantitative estimate of drug-likeness (QED) is 0.890. The number of aromatic nitrogens is 1. The Morgan fingerprint density at radius 3 is 2.45 bits per heavy atom. The number of carboxylic acid groups (broad SMARTS) is 1. The number of carboxylic acids is 1. The number of nitrogens with one attached hydrogen (secondary N) is 1. The molecular formula is C15H14N2O3. The fourth-order valence-corrected chi connectivity index (χ4v) is 1.87. The summed E-state index contributed by atoms with van der Waals surface area (Å²) in [5.41, 5.74) is 1.45. The molecule has 0 fully saturated rings. The number of amides is 1. The van der Waals surface area contributed by atoms with Gasteiger partial charge in [0.05, 0.1) is 5.56 Å². The van der Waals surface area contributed by atoms with Gasteiger partial charge in [-0.1, -0.05) is 30.3 Å². The van der Waals surface area contributed by atoms with Crippen LogP contribution in [0.5, 0.6) is 0 Å². The monoisotopic (exact) mass is 270 g/mol. The Morgan fingerprint density at radius 1 is 1.15 bits per heavy atom. The van der Waals surface area contributed by atoms with E-state index in [4.69, 9.17) is 0 Å². The maximum absolute atomic E-state index is 12.1. The van der Waals surface area contributed by atoms with Crippen molar-refractivity contribution in [2.24, 2.45) is 0 Å². The van der Waals surface area contributed by atoms with Gasteiger partial charge in [0.2, 0.25) is 0 Å². The lowest BCUT2D eigenvalue weighted by molar-refractivity contribution is -0.139. The molecule has 0 spiro atoms. The van der Waals surface area contributed by atoms with Crippen LogP contribution in [0.3, 0.4) is 0 Å². The number of aryl methyl sites for hydroxylation is 1. The van der Waals surface area contributed by atoms with Gasteiger partial charge >= 0.3 is 5.97 Å². The van der Waals surface area contributed by atoms with E-state index in [2.05, 4.69) is 10.3 Å². The van der Waals surface area contributed by atoms with E-state index in [0.717, 1.165) is 0 Å². The Hall–Kier alpha value is -2.69. The third kappa shape index (κ3) is 3.00. The van der Waals surface area contributed by atoms with Crippen LogP contribution >= 0.6 is 0 Å². The lowest BCUT2D eigenvalue weighted by Gasteiger charge is -2.15. The smallest absolute Gasteiger partial charge is 0.330 e. The van der Waals surface area contributed by atoms with Crippen molar-refractivity contribution in [1.82, 2.24) is 10.3 Å². The van der Waals surface area contributed by atoms with Gasteiger partial charge in [-0.2, -0.15) is 0 Å². The van der Waals surface area contributed by atoms with Crippen molar-refractivity contribution in [2.45, 2.75) is 13.0 Å². The standard InChI is InChI=1S/C15H14N2O3/c1-10-12(8-5-9-16-10)14(18)17-13(15(19)20)11-6-3-2-4-7-11/h2-9,13H,1H3,(H,17,18)(H,19,20)/t13-/m1/s1. The molecule has 5 heteroatoms. The number of rotatable bonds is 4. The minimum atomic E-state index is -1.11. The molecule has 0 radical (unpaired) electrons. The first-order valence-corrected chi connectivity index (χ1v) is 6.10. The Kier molecular flexibility index (Phi) is 4.10. The molecule has 0 aliphatic rings. The molecular weight excluding hydrogens is 256 g/mol. The van der Waals surface area contributed by atoms with Crippen LogP contribution in [0.15, 0.2) is 48.7 Å². The van der Waals surface area contributed by atoms with Gasteiger partial charge in [-0.05, 0) is 24.6 Å². The van der Waals surface area contributed by atoms with Crippen molar-refractivity contribution in [3.63, 3.8) is 0 Å². The number of hydrogen-bond acceptors (Lipinski definition) is 3. The van der Waals surface area contributed by atoms with Crippen LogP contribution in [-0.4, -0.2) is 22.0 Å². The van der Waals surface area contributed by atoms with E-state index < -0.39 is 17.9 Å². The molecule has 0 bridgehead atoms. The molecule has 1 amide bonds. The number of benzene rings is 1. The summed E-state index contributed by atoms with van der Waals surface area (Å²) in [5, 5.41) is 11.8. The average molecular weight is 270 g/mol. The van der Waals surface area contributed by atoms with Gasteiger partial charge in [-0.15, -0.1) is 0 Å². The van der Waals surface area contributed by atoms with E-state index in [1.54, 1.807) is 55.6 Å². The van der Waals surface area contributed by atoms with E-state index in [9.17, 15) is 14.7 Å². The third-order valence-corrected chi connectivity index (χ3v) is 2.91. The predicted molar refractivity (Wildman–Crippen MR) is 73.3 cm³/mol. The van der Waals surface area contributed by atoms with Crippen molar-refractivity contribution in [1.29, 1.82) is 0 Å². The molecule has 2 rings (SSSR count). The van der Waals surface area contributed by atoms with E-state index in [0.29, 0.717) is 16.8 Å². The van der Waals surface area contributed by atoms with Crippen LogP contribution in [0.25, 0.3) is 0 Å². The van der Waals surface area contributed by atoms with E-state index >= 15 is 0 Å². The molecule has 2 N–H and O–H groups in total. The van der Waals surface area contributed by atoms with Gasteiger partial charge in [-0.25, -0.2) is 4.79 Å². The van der Waals surface area contributed by atoms with Crippen molar-refractivity contribution < 1.29 is 14.7 Å². The van der Waals surface area contributed by atoms with Crippen LogP contribution in [0.1, 0.15) is 27.7 Å². The molecule has 20 heavy (non-hydrogen) atoms. The van der Waals surface area contributed by atoms with Crippen LogP contribution in [0, 0.1) is 6.92 Å². The highest BCUT2D eigenvalue weighted by Gasteiger charge is 2.23. The largest absolute Gasteiger partial charge is 0.479 e. The second-order valence-corrected chi connectivity index (χ2v) is 4.29. The van der Waals surface area contributed by atoms with Crippen molar-refractivity contribution in [3.05, 3.63) is 65.5 Å². The lowest BCUT2D eigenvalue weighted by Crippen LogP contribution is -2.34. The second-order valence-electron chi connectivity index (χ2n) is 4.29. The number of pyridine rings is 1. The highest BCUT2D eigenvalue weighted by Crippen LogP contribution is 2.14. The van der Waals surface area contributed by atoms with Gasteiger partial charge in [0.25, 0.3) is 5.91 Å². The van der Waals surface area contributed by atoms with Crippen LogP contribution in [-0.2, 0) is 4.79 Å². The summed E-state index contributed by atoms with van der Waals surface area (Å²) < 4.78 is 0. The lowest BCUT2D eigenvalue weighted by atomic mass is 10.1. The molecule has 1 aromatic carbocycles. The summed E-state index contributed by atoms with van der Waals surface area (Å²) in [7, 11) is 0. The maximum Gasteiger partial charge on any atom is 0.330 e. The summed E-state index contributed by atoms with van der Waals surface area (Å²) in [6, 6.07) is 10.7. The van der Waals surface area contributed by atoms with E-state index in [-0.39, 0.29) is 0 Å². The fraction of sp³-hybridized carbons (Fsp3) is 0.133. The zero-order chi connectivity index (χ0) is 14.5. The Bertz CT molecular complexity index is 626. The molecule has 1 heterocycles. The molecule has 0 saturated heterocycles. The summed E-state index contributed by atoms with van der Waals surface area (Å²) in [6.45, 7) is 1.70. The van der Waals surface area contributed by atoms with Crippen LogP contribution in [0.2, 0.25) is 0 Å². The van der Waals surface area contributed by atoms with E-state index in [1.165, 1.54) is 0 Å². The Morgan fingerprint density at radius 2 is 1.85 bits per heavy atom. The van der Waals surface area contributed by atoms with Gasteiger partial charge in [0.1, 0.15) is 0 Å². The highest BCUT2D eigenvalue weighted by molar-refractivity contribution is 5.97. The SMILES string of the molecule is Cc1ncccc1C(=O)N[C@@H](C(=O)O)c1ccccc1. The molecule has 2 aromatic rings. The average Bonchev–Trinajstić information content (AvgIpc) is 2.45. The number of aliphatic carboxylic acids is 1. The zero-order valence-corrected chi connectivity index (χ0v) is 10.9. The van der Waals surface area contributed by atoms with E-state index in [1.807, 2.05) is 0 Å². The van der Waals surface area contributed by atoms with Crippen LogP contribution in [0.4, 0.5) is 0 Å². The molecule has 0 aliphatic carbocycles. The first kappa shape index (κ1) is 13.7. The summed E-state index contributed by atoms with van der Waals surface area (Å²) in [5.74, 6) is -1.56. The molecule has 1 aromatic heterocycles. The summed E-state index contributed by atoms with van der Waals surface area (Å²) in [4.78, 5) is 27.5. The second kappa shape index (κ2) is 5.97. The number of carbonyl (C=O) groups excluding carboxylic acids is 1. The first-order chi connectivity index (χ1) is 9.59. The molecule has 0 aliphatic heterocycles. The first-order valence-electron chi connectivity index (χ1n) is 6.10. The number of nitrogens with zero attached hydrogens (tertiary/aromatic N) is 1. The van der Waals surface area contributed by atoms with Crippen molar-refractivity contribution in [2.75, 3.05) is 0 Å². The maximum atomic E-state index is 12.1. The van der Waals surface area contributed by atoms with Crippen LogP contribution < -0.4 is 5.32 Å². The molecule has 0 unspecified atom stereocenters. The Labute approximate surface area is 116 Å². The number of hydrogen-bond donors (Lipinski definition) is 2. The number of carbonyl (C=O) groups is 2. The van der Waals surface area contributed by atoms with Gasteiger partial charge in [0.15, 0.2) is 6.04 Å². The van der Waals surface area contributed by atoms with Gasteiger partial charge in [-0.3, -0.25) is 9.78 Å². The summed E-state index contributed by atoms with van der Waals surface area (Å²) in [6.07, 6.45) is 1.58.